The molecule has 4 nitrogen and oxygen atoms in total. The Hall–Kier alpha value is -0.610. The summed E-state index contributed by atoms with van der Waals surface area (Å²) in [4.78, 5) is 14.5. The van der Waals surface area contributed by atoms with Crippen LogP contribution in [0.15, 0.2) is 0 Å². The molecule has 0 spiro atoms. The first-order valence-corrected chi connectivity index (χ1v) is 7.13. The van der Waals surface area contributed by atoms with E-state index in [4.69, 9.17) is 4.74 Å². The fraction of sp³-hybridized carbons (Fsp3) is 0.929. The van der Waals surface area contributed by atoms with E-state index in [-0.39, 0.29) is 5.97 Å². The fourth-order valence-corrected chi connectivity index (χ4v) is 3.03. The van der Waals surface area contributed by atoms with E-state index in [1.807, 2.05) is 6.92 Å². The van der Waals surface area contributed by atoms with Gasteiger partial charge in [0.05, 0.1) is 6.61 Å². The number of carbonyl (C=O) groups is 1. The molecule has 18 heavy (non-hydrogen) atoms. The SMILES string of the molecule is CCNC1(C(=O)OCC)CCCC1CCN(C)C. The third kappa shape index (κ3) is 3.45. The van der Waals surface area contributed by atoms with Crippen LogP contribution in [-0.2, 0) is 9.53 Å². The zero-order valence-electron chi connectivity index (χ0n) is 12.3. The monoisotopic (exact) mass is 256 g/mol. The van der Waals surface area contributed by atoms with E-state index < -0.39 is 5.54 Å². The Morgan fingerprint density at radius 1 is 1.44 bits per heavy atom. The molecule has 0 radical (unpaired) electrons. The van der Waals surface area contributed by atoms with Crippen LogP contribution < -0.4 is 5.32 Å². The second-order valence-electron chi connectivity index (χ2n) is 5.40. The van der Waals surface area contributed by atoms with E-state index in [0.717, 1.165) is 38.8 Å². The average Bonchev–Trinajstić information content (AvgIpc) is 2.71. The highest BCUT2D eigenvalue weighted by Crippen LogP contribution is 2.39. The number of nitrogens with one attached hydrogen (secondary N) is 1. The molecular weight excluding hydrogens is 228 g/mol. The predicted octanol–water partition coefficient (Wildman–Crippen LogP) is 1.65. The third-order valence-corrected chi connectivity index (χ3v) is 3.88. The molecule has 0 aromatic carbocycles. The smallest absolute Gasteiger partial charge is 0.326 e. The molecule has 1 N–H and O–H groups in total. The van der Waals surface area contributed by atoms with Crippen molar-refractivity contribution in [2.45, 2.75) is 45.1 Å². The largest absolute Gasteiger partial charge is 0.465 e. The van der Waals surface area contributed by atoms with E-state index in [0.29, 0.717) is 12.5 Å². The van der Waals surface area contributed by atoms with Crippen LogP contribution in [0.5, 0.6) is 0 Å². The van der Waals surface area contributed by atoms with E-state index in [1.165, 1.54) is 0 Å². The summed E-state index contributed by atoms with van der Waals surface area (Å²) < 4.78 is 5.30. The summed E-state index contributed by atoms with van der Waals surface area (Å²) in [5.41, 5.74) is -0.430. The molecule has 0 aromatic rings. The number of carbonyl (C=O) groups excluding carboxylic acids is 1. The lowest BCUT2D eigenvalue weighted by Crippen LogP contribution is -2.56. The molecule has 0 aromatic heterocycles. The third-order valence-electron chi connectivity index (χ3n) is 3.88. The maximum atomic E-state index is 12.3. The van der Waals surface area contributed by atoms with Crippen LogP contribution in [0, 0.1) is 5.92 Å². The molecule has 1 aliphatic carbocycles. The van der Waals surface area contributed by atoms with Gasteiger partial charge < -0.3 is 15.0 Å². The standard InChI is InChI=1S/C14H28N2O2/c1-5-15-14(13(17)18-6-2)10-7-8-12(14)9-11-16(3)4/h12,15H,5-11H2,1-4H3. The average molecular weight is 256 g/mol. The normalized spacial score (nSPS) is 27.7. The van der Waals surface area contributed by atoms with Crippen molar-refractivity contribution >= 4 is 5.97 Å². The number of hydrogen-bond acceptors (Lipinski definition) is 4. The van der Waals surface area contributed by atoms with Gasteiger partial charge in [0.15, 0.2) is 0 Å². The molecule has 0 bridgehead atoms. The van der Waals surface area contributed by atoms with Crippen LogP contribution >= 0.6 is 0 Å². The molecule has 0 heterocycles. The van der Waals surface area contributed by atoms with E-state index in [2.05, 4.69) is 31.2 Å². The Bertz CT molecular complexity index is 269. The fourth-order valence-electron chi connectivity index (χ4n) is 3.03. The second kappa shape index (κ2) is 7.10. The minimum Gasteiger partial charge on any atom is -0.465 e. The van der Waals surface area contributed by atoms with Gasteiger partial charge in [0.2, 0.25) is 0 Å². The zero-order chi connectivity index (χ0) is 13.6. The van der Waals surface area contributed by atoms with Crippen LogP contribution in [0.25, 0.3) is 0 Å². The first-order chi connectivity index (χ1) is 8.56. The molecule has 4 heteroatoms. The van der Waals surface area contributed by atoms with Gasteiger partial charge in [-0.2, -0.15) is 0 Å². The van der Waals surface area contributed by atoms with Gasteiger partial charge in [-0.3, -0.25) is 4.79 Å². The quantitative estimate of drug-likeness (QED) is 0.703. The highest BCUT2D eigenvalue weighted by atomic mass is 16.5. The summed E-state index contributed by atoms with van der Waals surface area (Å²) in [5, 5.41) is 3.42. The van der Waals surface area contributed by atoms with Gasteiger partial charge in [-0.25, -0.2) is 0 Å². The molecule has 106 valence electrons. The minimum atomic E-state index is -0.430. The van der Waals surface area contributed by atoms with E-state index in [9.17, 15) is 4.79 Å². The lowest BCUT2D eigenvalue weighted by atomic mass is 9.84. The molecule has 1 saturated carbocycles. The Kier molecular flexibility index (Phi) is 6.09. The minimum absolute atomic E-state index is 0.0480. The van der Waals surface area contributed by atoms with Crippen molar-refractivity contribution in [3.63, 3.8) is 0 Å². The molecule has 1 aliphatic rings. The zero-order valence-corrected chi connectivity index (χ0v) is 12.3. The Morgan fingerprint density at radius 3 is 2.72 bits per heavy atom. The Balaban J connectivity index is 2.76. The number of likely N-dealkylation sites (N-methyl/N-ethyl adjacent to an activating group) is 1. The highest BCUT2D eigenvalue weighted by Gasteiger charge is 2.49. The lowest BCUT2D eigenvalue weighted by Gasteiger charge is -2.34. The molecule has 2 atom stereocenters. The van der Waals surface area contributed by atoms with Crippen molar-refractivity contribution in [3.05, 3.63) is 0 Å². The van der Waals surface area contributed by atoms with Gasteiger partial charge in [-0.1, -0.05) is 13.3 Å². The number of esters is 1. The number of hydrogen-bond donors (Lipinski definition) is 1. The molecule has 2 unspecified atom stereocenters. The first-order valence-electron chi connectivity index (χ1n) is 7.13. The topological polar surface area (TPSA) is 41.6 Å². The summed E-state index contributed by atoms with van der Waals surface area (Å²) in [6.07, 6.45) is 4.21. The van der Waals surface area contributed by atoms with Crippen LogP contribution in [0.3, 0.4) is 0 Å². The molecule has 0 saturated heterocycles. The van der Waals surface area contributed by atoms with Gasteiger partial charge in [-0.15, -0.1) is 0 Å². The van der Waals surface area contributed by atoms with Crippen LogP contribution in [0.2, 0.25) is 0 Å². The molecule has 0 aliphatic heterocycles. The number of ether oxygens (including phenoxy) is 1. The van der Waals surface area contributed by atoms with Crippen molar-refractivity contribution in [2.24, 2.45) is 5.92 Å². The maximum Gasteiger partial charge on any atom is 0.326 e. The van der Waals surface area contributed by atoms with E-state index >= 15 is 0 Å². The highest BCUT2D eigenvalue weighted by molar-refractivity contribution is 5.81. The number of rotatable bonds is 7. The molecule has 1 rings (SSSR count). The van der Waals surface area contributed by atoms with Gasteiger partial charge in [-0.05, 0) is 59.3 Å². The van der Waals surface area contributed by atoms with Crippen molar-refractivity contribution in [1.29, 1.82) is 0 Å². The van der Waals surface area contributed by atoms with Gasteiger partial charge in [0, 0.05) is 0 Å². The van der Waals surface area contributed by atoms with Crippen molar-refractivity contribution < 1.29 is 9.53 Å². The lowest BCUT2D eigenvalue weighted by molar-refractivity contribution is -0.153. The van der Waals surface area contributed by atoms with Gasteiger partial charge in [0.1, 0.15) is 5.54 Å². The van der Waals surface area contributed by atoms with E-state index in [1.54, 1.807) is 0 Å². The maximum absolute atomic E-state index is 12.3. The van der Waals surface area contributed by atoms with Gasteiger partial charge >= 0.3 is 5.97 Å². The summed E-state index contributed by atoms with van der Waals surface area (Å²) in [7, 11) is 4.16. The van der Waals surface area contributed by atoms with Crippen molar-refractivity contribution in [3.8, 4) is 0 Å². The summed E-state index contributed by atoms with van der Waals surface area (Å²) in [5.74, 6) is 0.354. The Labute approximate surface area is 111 Å². The predicted molar refractivity (Wildman–Crippen MR) is 73.6 cm³/mol. The van der Waals surface area contributed by atoms with Gasteiger partial charge in [0.25, 0.3) is 0 Å². The second-order valence-corrected chi connectivity index (χ2v) is 5.40. The number of nitrogens with zero attached hydrogens (tertiary/aromatic N) is 1. The summed E-state index contributed by atoms with van der Waals surface area (Å²) in [6, 6.07) is 0. The molecule has 0 amide bonds. The first kappa shape index (κ1) is 15.4. The summed E-state index contributed by atoms with van der Waals surface area (Å²) >= 11 is 0. The molecule has 1 fully saturated rings. The van der Waals surface area contributed by atoms with Crippen LogP contribution in [-0.4, -0.2) is 50.2 Å². The Morgan fingerprint density at radius 2 is 2.17 bits per heavy atom. The van der Waals surface area contributed by atoms with Crippen molar-refractivity contribution in [2.75, 3.05) is 33.8 Å². The molecular formula is C14H28N2O2. The van der Waals surface area contributed by atoms with Crippen LogP contribution in [0.1, 0.15) is 39.5 Å². The van der Waals surface area contributed by atoms with Crippen molar-refractivity contribution in [1.82, 2.24) is 10.2 Å². The summed E-state index contributed by atoms with van der Waals surface area (Å²) in [6.45, 7) is 6.24. The van der Waals surface area contributed by atoms with Crippen LogP contribution in [0.4, 0.5) is 0 Å².